The van der Waals surface area contributed by atoms with Gasteiger partial charge in [0.15, 0.2) is 0 Å². The number of hydrogen-bond donors (Lipinski definition) is 2. The summed E-state index contributed by atoms with van der Waals surface area (Å²) in [6.45, 7) is 5.22. The summed E-state index contributed by atoms with van der Waals surface area (Å²) in [7, 11) is 2.22. The third-order valence-corrected chi connectivity index (χ3v) is 6.05. The van der Waals surface area contributed by atoms with Gasteiger partial charge >= 0.3 is 0 Å². The van der Waals surface area contributed by atoms with E-state index < -0.39 is 0 Å². The summed E-state index contributed by atoms with van der Waals surface area (Å²) in [6, 6.07) is 11.0. The second-order valence-corrected chi connectivity index (χ2v) is 7.70. The molecule has 0 unspecified atom stereocenters. The van der Waals surface area contributed by atoms with Gasteiger partial charge in [0.1, 0.15) is 12.1 Å². The lowest BCUT2D eigenvalue weighted by atomic mass is 9.72. The van der Waals surface area contributed by atoms with Crippen LogP contribution in [0.25, 0.3) is 0 Å². The summed E-state index contributed by atoms with van der Waals surface area (Å²) < 4.78 is 0. The van der Waals surface area contributed by atoms with Crippen LogP contribution in [0.4, 0.5) is 5.82 Å². The van der Waals surface area contributed by atoms with Crippen molar-refractivity contribution in [3.63, 3.8) is 0 Å². The summed E-state index contributed by atoms with van der Waals surface area (Å²) in [6.07, 6.45) is 6.06. The van der Waals surface area contributed by atoms with Crippen LogP contribution >= 0.6 is 0 Å². The molecule has 0 radical (unpaired) electrons. The van der Waals surface area contributed by atoms with Crippen molar-refractivity contribution in [3.8, 4) is 0 Å². The van der Waals surface area contributed by atoms with Gasteiger partial charge in [0.25, 0.3) is 0 Å². The molecule has 5 heteroatoms. The maximum absolute atomic E-state index is 4.60. The van der Waals surface area contributed by atoms with Gasteiger partial charge in [-0.2, -0.15) is 0 Å². The number of piperidine rings is 1. The van der Waals surface area contributed by atoms with Crippen LogP contribution in [0.5, 0.6) is 0 Å². The zero-order chi connectivity index (χ0) is 17.8. The third kappa shape index (κ3) is 3.60. The van der Waals surface area contributed by atoms with E-state index in [1.165, 1.54) is 29.7 Å². The molecule has 5 nitrogen and oxygen atoms in total. The van der Waals surface area contributed by atoms with Gasteiger partial charge in [0, 0.05) is 30.5 Å². The fraction of sp³-hybridized carbons (Fsp3) is 0.524. The molecule has 1 aromatic heterocycles. The largest absolute Gasteiger partial charge is 0.369 e. The SMILES string of the molecule is CN1CCC(CNc2ncnc3c2CCNCC3)(c2ccccc2)CC1. The number of nitrogens with zero attached hydrogens (tertiary/aromatic N) is 3. The van der Waals surface area contributed by atoms with Crippen LogP contribution in [0.3, 0.4) is 0 Å². The van der Waals surface area contributed by atoms with Gasteiger partial charge in [0.05, 0.1) is 5.69 Å². The number of nitrogens with one attached hydrogen (secondary N) is 2. The molecule has 0 atom stereocenters. The molecule has 0 aliphatic carbocycles. The molecule has 1 fully saturated rings. The van der Waals surface area contributed by atoms with Crippen molar-refractivity contribution >= 4 is 5.82 Å². The smallest absolute Gasteiger partial charge is 0.132 e. The predicted octanol–water partition coefficient (Wildman–Crippen LogP) is 2.24. The van der Waals surface area contributed by atoms with E-state index in [4.69, 9.17) is 0 Å². The van der Waals surface area contributed by atoms with Gasteiger partial charge in [-0.15, -0.1) is 0 Å². The van der Waals surface area contributed by atoms with E-state index >= 15 is 0 Å². The Labute approximate surface area is 156 Å². The maximum Gasteiger partial charge on any atom is 0.132 e. The van der Waals surface area contributed by atoms with Crippen molar-refractivity contribution in [3.05, 3.63) is 53.5 Å². The summed E-state index contributed by atoms with van der Waals surface area (Å²) in [5.74, 6) is 1.04. The Morgan fingerprint density at radius 3 is 2.65 bits per heavy atom. The Kier molecular flexibility index (Phi) is 5.18. The Bertz CT molecular complexity index is 722. The minimum Gasteiger partial charge on any atom is -0.369 e. The van der Waals surface area contributed by atoms with E-state index in [1.54, 1.807) is 6.33 Å². The molecule has 2 aliphatic rings. The molecule has 0 bridgehead atoms. The zero-order valence-electron chi connectivity index (χ0n) is 15.7. The van der Waals surface area contributed by atoms with Crippen LogP contribution in [-0.4, -0.2) is 54.6 Å². The van der Waals surface area contributed by atoms with Gasteiger partial charge < -0.3 is 15.5 Å². The highest BCUT2D eigenvalue weighted by atomic mass is 15.1. The van der Waals surface area contributed by atoms with Crippen LogP contribution in [-0.2, 0) is 18.3 Å². The second kappa shape index (κ2) is 7.72. The van der Waals surface area contributed by atoms with Crippen molar-refractivity contribution < 1.29 is 0 Å². The Hall–Kier alpha value is -1.98. The molecule has 0 spiro atoms. The lowest BCUT2D eigenvalue weighted by molar-refractivity contribution is 0.195. The Morgan fingerprint density at radius 2 is 1.85 bits per heavy atom. The second-order valence-electron chi connectivity index (χ2n) is 7.70. The van der Waals surface area contributed by atoms with E-state index in [2.05, 4.69) is 62.9 Å². The molecule has 1 saturated heterocycles. The van der Waals surface area contributed by atoms with E-state index in [-0.39, 0.29) is 5.41 Å². The normalized spacial score (nSPS) is 20.2. The van der Waals surface area contributed by atoms with Crippen LogP contribution < -0.4 is 10.6 Å². The summed E-state index contributed by atoms with van der Waals surface area (Å²) >= 11 is 0. The first-order valence-electron chi connectivity index (χ1n) is 9.78. The van der Waals surface area contributed by atoms with Crippen molar-refractivity contribution in [2.75, 3.05) is 45.1 Å². The van der Waals surface area contributed by atoms with E-state index in [9.17, 15) is 0 Å². The molecular formula is C21H29N5. The Balaban J connectivity index is 1.58. The summed E-state index contributed by atoms with van der Waals surface area (Å²) in [4.78, 5) is 11.6. The maximum atomic E-state index is 4.60. The number of fused-ring (bicyclic) bond motifs is 1. The molecule has 0 saturated carbocycles. The fourth-order valence-electron chi connectivity index (χ4n) is 4.28. The molecule has 1 aromatic carbocycles. The van der Waals surface area contributed by atoms with Crippen molar-refractivity contribution in [2.45, 2.75) is 31.1 Å². The van der Waals surface area contributed by atoms with Crippen molar-refractivity contribution in [2.24, 2.45) is 0 Å². The average Bonchev–Trinajstić information content (AvgIpc) is 2.94. The molecule has 138 valence electrons. The van der Waals surface area contributed by atoms with Crippen LogP contribution in [0.15, 0.2) is 36.7 Å². The highest BCUT2D eigenvalue weighted by molar-refractivity contribution is 5.48. The van der Waals surface area contributed by atoms with E-state index in [0.717, 1.165) is 51.4 Å². The van der Waals surface area contributed by atoms with Gasteiger partial charge in [-0.1, -0.05) is 30.3 Å². The molecular weight excluding hydrogens is 322 g/mol. The quantitative estimate of drug-likeness (QED) is 0.885. The molecule has 2 N–H and O–H groups in total. The molecule has 0 amide bonds. The van der Waals surface area contributed by atoms with Crippen LogP contribution in [0.1, 0.15) is 29.7 Å². The Morgan fingerprint density at radius 1 is 1.08 bits per heavy atom. The number of hydrogen-bond acceptors (Lipinski definition) is 5. The molecule has 26 heavy (non-hydrogen) atoms. The predicted molar refractivity (Wildman–Crippen MR) is 106 cm³/mol. The lowest BCUT2D eigenvalue weighted by Crippen LogP contribution is -2.45. The van der Waals surface area contributed by atoms with Crippen molar-refractivity contribution in [1.82, 2.24) is 20.2 Å². The number of rotatable bonds is 4. The van der Waals surface area contributed by atoms with Gasteiger partial charge in [-0.3, -0.25) is 0 Å². The van der Waals surface area contributed by atoms with Gasteiger partial charge in [0.2, 0.25) is 0 Å². The molecule has 4 rings (SSSR count). The number of likely N-dealkylation sites (tertiary alicyclic amines) is 1. The van der Waals surface area contributed by atoms with Crippen LogP contribution in [0, 0.1) is 0 Å². The zero-order valence-corrected chi connectivity index (χ0v) is 15.7. The first kappa shape index (κ1) is 17.4. The highest BCUT2D eigenvalue weighted by Gasteiger charge is 2.35. The van der Waals surface area contributed by atoms with E-state index in [0.29, 0.717) is 0 Å². The molecule has 2 aliphatic heterocycles. The van der Waals surface area contributed by atoms with E-state index in [1.807, 2.05) is 0 Å². The monoisotopic (exact) mass is 351 g/mol. The first-order valence-corrected chi connectivity index (χ1v) is 9.78. The lowest BCUT2D eigenvalue weighted by Gasteiger charge is -2.41. The average molecular weight is 351 g/mol. The molecule has 2 aromatic rings. The molecule has 3 heterocycles. The topological polar surface area (TPSA) is 53.1 Å². The summed E-state index contributed by atoms with van der Waals surface area (Å²) in [5.41, 5.74) is 4.12. The number of anilines is 1. The number of benzene rings is 1. The number of aromatic nitrogens is 2. The standard InChI is InChI=1S/C21H29N5/c1-26-13-9-21(10-14-26,17-5-3-2-4-6-17)15-23-20-18-7-11-22-12-8-19(18)24-16-25-20/h2-6,16,22H,7-15H2,1H3,(H,23,24,25). The fourth-order valence-corrected chi connectivity index (χ4v) is 4.28. The van der Waals surface area contributed by atoms with Crippen LogP contribution in [0.2, 0.25) is 0 Å². The third-order valence-electron chi connectivity index (χ3n) is 6.05. The minimum absolute atomic E-state index is 0.175. The van der Waals surface area contributed by atoms with Gasteiger partial charge in [-0.05, 0) is 51.5 Å². The minimum atomic E-state index is 0.175. The first-order chi connectivity index (χ1) is 12.8. The highest BCUT2D eigenvalue weighted by Crippen LogP contribution is 2.35. The van der Waals surface area contributed by atoms with Crippen molar-refractivity contribution in [1.29, 1.82) is 0 Å². The summed E-state index contributed by atoms with van der Waals surface area (Å²) in [5, 5.41) is 7.19. The van der Waals surface area contributed by atoms with Gasteiger partial charge in [-0.25, -0.2) is 9.97 Å².